The van der Waals surface area contributed by atoms with Crippen molar-refractivity contribution in [2.24, 2.45) is 5.10 Å². The lowest BCUT2D eigenvalue weighted by Crippen LogP contribution is -2.18. The van der Waals surface area contributed by atoms with Crippen LogP contribution in [0.5, 0.6) is 28.7 Å². The van der Waals surface area contributed by atoms with Crippen molar-refractivity contribution in [3.8, 4) is 28.7 Å². The summed E-state index contributed by atoms with van der Waals surface area (Å²) in [7, 11) is 5.85. The molecule has 1 amide bonds. The number of hydrogen-bond acceptors (Lipinski definition) is 7. The third-order valence-corrected chi connectivity index (χ3v) is 3.55. The zero-order valence-corrected chi connectivity index (χ0v) is 14.9. The number of carbonyl (C=O) groups is 1. The maximum absolute atomic E-state index is 12.3. The molecular formula is C18H20N2O6. The molecule has 26 heavy (non-hydrogen) atoms. The van der Waals surface area contributed by atoms with E-state index in [0.717, 1.165) is 0 Å². The van der Waals surface area contributed by atoms with Crippen LogP contribution in [0.4, 0.5) is 0 Å². The molecule has 2 N–H and O–H groups in total. The molecule has 0 unspecified atom stereocenters. The number of ether oxygens (including phenoxy) is 4. The smallest absolute Gasteiger partial charge is 0.271 e. The molecule has 0 fully saturated rings. The molecule has 0 saturated carbocycles. The Morgan fingerprint density at radius 2 is 1.62 bits per heavy atom. The number of phenolic OH excluding ortho intramolecular Hbond substituents is 1. The van der Waals surface area contributed by atoms with Gasteiger partial charge in [0, 0.05) is 11.1 Å². The molecule has 0 aliphatic rings. The number of hydrazone groups is 1. The van der Waals surface area contributed by atoms with Crippen LogP contribution in [0.15, 0.2) is 35.4 Å². The molecule has 8 nitrogen and oxygen atoms in total. The average Bonchev–Trinajstić information content (AvgIpc) is 2.67. The predicted molar refractivity (Wildman–Crippen MR) is 95.8 cm³/mol. The molecule has 8 heteroatoms. The Labute approximate surface area is 151 Å². The predicted octanol–water partition coefficient (Wildman–Crippen LogP) is 2.19. The fraction of sp³-hybridized carbons (Fsp3) is 0.222. The fourth-order valence-corrected chi connectivity index (χ4v) is 2.25. The number of methoxy groups -OCH3 is 4. The summed E-state index contributed by atoms with van der Waals surface area (Å²) < 4.78 is 20.7. The highest BCUT2D eigenvalue weighted by atomic mass is 16.5. The summed E-state index contributed by atoms with van der Waals surface area (Å²) in [5, 5.41) is 13.8. The molecule has 0 aliphatic carbocycles. The van der Waals surface area contributed by atoms with Crippen LogP contribution in [-0.4, -0.2) is 45.7 Å². The number of amides is 1. The summed E-state index contributed by atoms with van der Waals surface area (Å²) >= 11 is 0. The summed E-state index contributed by atoms with van der Waals surface area (Å²) in [6.45, 7) is 0. The van der Waals surface area contributed by atoms with Gasteiger partial charge in [-0.1, -0.05) is 6.07 Å². The maximum Gasteiger partial charge on any atom is 0.271 e. The van der Waals surface area contributed by atoms with E-state index in [1.165, 1.54) is 46.8 Å². The fourth-order valence-electron chi connectivity index (χ4n) is 2.25. The Morgan fingerprint density at radius 3 is 2.15 bits per heavy atom. The highest BCUT2D eigenvalue weighted by Gasteiger charge is 2.16. The number of carbonyl (C=O) groups excluding carboxylic acids is 1. The number of hydrogen-bond donors (Lipinski definition) is 2. The van der Waals surface area contributed by atoms with Crippen molar-refractivity contribution in [2.75, 3.05) is 28.4 Å². The van der Waals surface area contributed by atoms with Gasteiger partial charge in [0.1, 0.15) is 0 Å². The van der Waals surface area contributed by atoms with Gasteiger partial charge in [-0.2, -0.15) is 5.10 Å². The van der Waals surface area contributed by atoms with Crippen LogP contribution >= 0.6 is 0 Å². The van der Waals surface area contributed by atoms with Crippen molar-refractivity contribution < 1.29 is 28.8 Å². The standard InChI is InChI=1S/C18H20N2O6/c1-23-13-7-5-6-11(16(13)21)10-19-20-18(22)12-8-14(24-2)17(26-4)15(9-12)25-3/h5-10,21H,1-4H3,(H,20,22). The topological polar surface area (TPSA) is 98.6 Å². The highest BCUT2D eigenvalue weighted by Crippen LogP contribution is 2.38. The first kappa shape index (κ1) is 18.9. The lowest BCUT2D eigenvalue weighted by Gasteiger charge is -2.13. The first-order valence-corrected chi connectivity index (χ1v) is 7.55. The number of aromatic hydroxyl groups is 1. The SMILES string of the molecule is COc1cccc(C=NNC(=O)c2cc(OC)c(OC)c(OC)c2)c1O. The Kier molecular flexibility index (Phi) is 6.26. The van der Waals surface area contributed by atoms with E-state index in [4.69, 9.17) is 18.9 Å². The minimum absolute atomic E-state index is 0.0687. The molecule has 138 valence electrons. The molecular weight excluding hydrogens is 340 g/mol. The monoisotopic (exact) mass is 360 g/mol. The second-order valence-corrected chi connectivity index (χ2v) is 5.01. The van der Waals surface area contributed by atoms with Crippen LogP contribution in [0.1, 0.15) is 15.9 Å². The van der Waals surface area contributed by atoms with Gasteiger partial charge in [0.15, 0.2) is 23.0 Å². The second-order valence-electron chi connectivity index (χ2n) is 5.01. The van der Waals surface area contributed by atoms with Crippen molar-refractivity contribution in [3.05, 3.63) is 41.5 Å². The van der Waals surface area contributed by atoms with Gasteiger partial charge in [-0.25, -0.2) is 5.43 Å². The Balaban J connectivity index is 2.20. The Morgan fingerprint density at radius 1 is 1.00 bits per heavy atom. The van der Waals surface area contributed by atoms with Crippen LogP contribution in [0.2, 0.25) is 0 Å². The van der Waals surface area contributed by atoms with E-state index >= 15 is 0 Å². The number of rotatable bonds is 7. The molecule has 2 rings (SSSR count). The summed E-state index contributed by atoms with van der Waals surface area (Å²) in [4.78, 5) is 12.3. The molecule has 2 aromatic rings. The van der Waals surface area contributed by atoms with E-state index in [-0.39, 0.29) is 11.3 Å². The first-order valence-electron chi connectivity index (χ1n) is 7.55. The maximum atomic E-state index is 12.3. The van der Waals surface area contributed by atoms with Crippen molar-refractivity contribution in [1.82, 2.24) is 5.43 Å². The molecule has 2 aromatic carbocycles. The summed E-state index contributed by atoms with van der Waals surface area (Å²) in [5.41, 5.74) is 3.05. The van der Waals surface area contributed by atoms with Gasteiger partial charge in [0.25, 0.3) is 5.91 Å². The van der Waals surface area contributed by atoms with Crippen LogP contribution in [-0.2, 0) is 0 Å². The number of para-hydroxylation sites is 1. The number of nitrogens with zero attached hydrogens (tertiary/aromatic N) is 1. The van der Waals surface area contributed by atoms with E-state index in [1.54, 1.807) is 18.2 Å². The normalized spacial score (nSPS) is 10.5. The number of phenols is 1. The number of nitrogens with one attached hydrogen (secondary N) is 1. The zero-order valence-electron chi connectivity index (χ0n) is 14.9. The molecule has 0 radical (unpaired) electrons. The van der Waals surface area contributed by atoms with Gasteiger partial charge in [-0.05, 0) is 24.3 Å². The number of benzene rings is 2. The lowest BCUT2D eigenvalue weighted by atomic mass is 10.1. The molecule has 0 aromatic heterocycles. The minimum atomic E-state index is -0.483. The first-order chi connectivity index (χ1) is 12.5. The van der Waals surface area contributed by atoms with Gasteiger partial charge in [0.05, 0.1) is 34.7 Å². The summed E-state index contributed by atoms with van der Waals surface area (Å²) in [5.74, 6) is 0.850. The lowest BCUT2D eigenvalue weighted by molar-refractivity contribution is 0.0954. The summed E-state index contributed by atoms with van der Waals surface area (Å²) in [6.07, 6.45) is 1.31. The average molecular weight is 360 g/mol. The van der Waals surface area contributed by atoms with Crippen molar-refractivity contribution in [2.45, 2.75) is 0 Å². The molecule has 0 atom stereocenters. The van der Waals surface area contributed by atoms with Gasteiger partial charge >= 0.3 is 0 Å². The highest BCUT2D eigenvalue weighted by molar-refractivity contribution is 5.96. The zero-order chi connectivity index (χ0) is 19.1. The molecule has 0 spiro atoms. The van der Waals surface area contributed by atoms with Gasteiger partial charge in [0.2, 0.25) is 5.75 Å². The van der Waals surface area contributed by atoms with E-state index in [9.17, 15) is 9.90 Å². The second kappa shape index (κ2) is 8.61. The largest absolute Gasteiger partial charge is 0.504 e. The van der Waals surface area contributed by atoms with Crippen LogP contribution in [0.3, 0.4) is 0 Å². The third kappa shape index (κ3) is 3.97. The molecule has 0 heterocycles. The molecule has 0 bridgehead atoms. The van der Waals surface area contributed by atoms with Gasteiger partial charge in [-0.15, -0.1) is 0 Å². The van der Waals surface area contributed by atoms with Crippen LogP contribution in [0.25, 0.3) is 0 Å². The minimum Gasteiger partial charge on any atom is -0.504 e. The molecule has 0 saturated heterocycles. The van der Waals surface area contributed by atoms with Gasteiger partial charge < -0.3 is 24.1 Å². The van der Waals surface area contributed by atoms with Crippen molar-refractivity contribution >= 4 is 12.1 Å². The van der Waals surface area contributed by atoms with Gasteiger partial charge in [-0.3, -0.25) is 4.79 Å². The van der Waals surface area contributed by atoms with E-state index in [1.807, 2.05) is 0 Å². The van der Waals surface area contributed by atoms with E-state index in [0.29, 0.717) is 28.6 Å². The quantitative estimate of drug-likeness (QED) is 0.580. The van der Waals surface area contributed by atoms with Crippen molar-refractivity contribution in [3.63, 3.8) is 0 Å². The Bertz CT molecular complexity index is 794. The van der Waals surface area contributed by atoms with Crippen molar-refractivity contribution in [1.29, 1.82) is 0 Å². The van der Waals surface area contributed by atoms with Crippen LogP contribution < -0.4 is 24.4 Å². The summed E-state index contributed by atoms with van der Waals surface area (Å²) in [6, 6.07) is 7.96. The third-order valence-electron chi connectivity index (χ3n) is 3.55. The van der Waals surface area contributed by atoms with Crippen LogP contribution in [0, 0.1) is 0 Å². The van der Waals surface area contributed by atoms with E-state index < -0.39 is 5.91 Å². The van der Waals surface area contributed by atoms with E-state index in [2.05, 4.69) is 10.5 Å². The molecule has 0 aliphatic heterocycles. The Hall–Kier alpha value is -3.42.